The van der Waals surface area contributed by atoms with Crippen molar-refractivity contribution in [2.75, 3.05) is 13.2 Å². The summed E-state index contributed by atoms with van der Waals surface area (Å²) in [7, 11) is 0. The summed E-state index contributed by atoms with van der Waals surface area (Å²) in [6, 6.07) is 30.7. The van der Waals surface area contributed by atoms with E-state index >= 15 is 0 Å². The molecule has 3 aromatic rings. The van der Waals surface area contributed by atoms with Gasteiger partial charge in [-0.15, -0.1) is 0 Å². The number of allylic oxidation sites excluding steroid dienone is 1. The van der Waals surface area contributed by atoms with Crippen molar-refractivity contribution >= 4 is 0 Å². The first-order valence-corrected chi connectivity index (χ1v) is 14.6. The van der Waals surface area contributed by atoms with E-state index in [1.807, 2.05) is 68.4 Å². The second kappa shape index (κ2) is 14.8. The third-order valence-corrected chi connectivity index (χ3v) is 7.35. The molecule has 2 aliphatic rings. The number of hydrogen-bond acceptors (Lipinski definition) is 6. The molecule has 6 nitrogen and oxygen atoms in total. The summed E-state index contributed by atoms with van der Waals surface area (Å²) in [6.45, 7) is 6.42. The van der Waals surface area contributed by atoms with Crippen LogP contribution in [0.2, 0.25) is 0 Å². The fourth-order valence-electron chi connectivity index (χ4n) is 5.24. The first-order chi connectivity index (χ1) is 20.0. The van der Waals surface area contributed by atoms with Gasteiger partial charge in [0.05, 0.1) is 51.0 Å². The van der Waals surface area contributed by atoms with Crippen LogP contribution in [0, 0.1) is 0 Å². The molecule has 2 heterocycles. The average Bonchev–Trinajstić information content (AvgIpc) is 3.35. The molecule has 0 unspecified atom stereocenters. The van der Waals surface area contributed by atoms with Crippen LogP contribution in [-0.4, -0.2) is 43.4 Å². The Hall–Kier alpha value is -3.00. The SMILES string of the molecule is CC1(C)OC[C@H](CC/C=C2\C[C@@H](OCc3ccccc3)[C@H](OCc3ccccc3)[C@@H](COCc3ccccc3)O2)O1. The molecule has 5 rings (SSSR count). The fraction of sp³-hybridized carbons (Fsp3) is 0.429. The highest BCUT2D eigenvalue weighted by molar-refractivity contribution is 5.16. The summed E-state index contributed by atoms with van der Waals surface area (Å²) >= 11 is 0. The molecule has 3 aromatic carbocycles. The number of rotatable bonds is 13. The molecule has 0 N–H and O–H groups in total. The van der Waals surface area contributed by atoms with Crippen molar-refractivity contribution in [1.29, 1.82) is 0 Å². The molecule has 2 fully saturated rings. The monoisotopic (exact) mass is 558 g/mol. The van der Waals surface area contributed by atoms with Crippen LogP contribution in [0.4, 0.5) is 0 Å². The Morgan fingerprint density at radius 2 is 1.37 bits per heavy atom. The van der Waals surface area contributed by atoms with Crippen molar-refractivity contribution < 1.29 is 28.4 Å². The number of benzene rings is 3. The van der Waals surface area contributed by atoms with Crippen molar-refractivity contribution in [2.45, 2.75) is 83.1 Å². The Balaban J connectivity index is 1.29. The van der Waals surface area contributed by atoms with Crippen molar-refractivity contribution in [2.24, 2.45) is 0 Å². The van der Waals surface area contributed by atoms with Gasteiger partial charge in [0.15, 0.2) is 11.9 Å². The summed E-state index contributed by atoms with van der Waals surface area (Å²) < 4.78 is 37.6. The highest BCUT2D eigenvalue weighted by Crippen LogP contribution is 2.31. The zero-order chi connectivity index (χ0) is 28.3. The molecule has 0 radical (unpaired) electrons. The topological polar surface area (TPSA) is 55.4 Å². The highest BCUT2D eigenvalue weighted by Gasteiger charge is 2.39. The van der Waals surface area contributed by atoms with Gasteiger partial charge >= 0.3 is 0 Å². The normalized spacial score (nSPS) is 24.8. The van der Waals surface area contributed by atoms with Crippen LogP contribution < -0.4 is 0 Å². The molecule has 218 valence electrons. The lowest BCUT2D eigenvalue weighted by molar-refractivity contribution is -0.178. The van der Waals surface area contributed by atoms with Gasteiger partial charge in [0.1, 0.15) is 6.10 Å². The summed E-state index contributed by atoms with van der Waals surface area (Å²) in [5, 5.41) is 0. The van der Waals surface area contributed by atoms with Crippen LogP contribution in [0.15, 0.2) is 103 Å². The predicted octanol–water partition coefficient (Wildman–Crippen LogP) is 6.98. The molecular weight excluding hydrogens is 516 g/mol. The first-order valence-electron chi connectivity index (χ1n) is 14.6. The number of hydrogen-bond donors (Lipinski definition) is 0. The Morgan fingerprint density at radius 1 is 0.780 bits per heavy atom. The third-order valence-electron chi connectivity index (χ3n) is 7.35. The number of ether oxygens (including phenoxy) is 6. The van der Waals surface area contributed by atoms with Crippen molar-refractivity contribution in [3.8, 4) is 0 Å². The van der Waals surface area contributed by atoms with E-state index in [0.29, 0.717) is 39.5 Å². The molecule has 41 heavy (non-hydrogen) atoms. The van der Waals surface area contributed by atoms with Crippen LogP contribution in [0.5, 0.6) is 0 Å². The van der Waals surface area contributed by atoms with Crippen LogP contribution in [0.1, 0.15) is 49.8 Å². The smallest absolute Gasteiger partial charge is 0.163 e. The summed E-state index contributed by atoms with van der Waals surface area (Å²) in [6.07, 6.45) is 3.80. The van der Waals surface area contributed by atoms with Gasteiger partial charge in [0, 0.05) is 6.42 Å². The molecule has 0 aromatic heterocycles. The summed E-state index contributed by atoms with van der Waals surface area (Å²) in [5.41, 5.74) is 3.37. The maximum atomic E-state index is 6.57. The molecule has 4 atom stereocenters. The lowest BCUT2D eigenvalue weighted by Gasteiger charge is -2.39. The van der Waals surface area contributed by atoms with Crippen LogP contribution in [0.25, 0.3) is 0 Å². The van der Waals surface area contributed by atoms with E-state index in [-0.39, 0.29) is 24.4 Å². The second-order valence-corrected chi connectivity index (χ2v) is 11.2. The molecular formula is C35H42O6. The van der Waals surface area contributed by atoms with Crippen molar-refractivity contribution in [3.63, 3.8) is 0 Å². The molecule has 6 heteroatoms. The lowest BCUT2D eigenvalue weighted by Crippen LogP contribution is -2.48. The molecule has 0 saturated carbocycles. The average molecular weight is 559 g/mol. The largest absolute Gasteiger partial charge is 0.490 e. The zero-order valence-electron chi connectivity index (χ0n) is 24.2. The van der Waals surface area contributed by atoms with Gasteiger partial charge in [0.25, 0.3) is 0 Å². The summed E-state index contributed by atoms with van der Waals surface area (Å²) in [4.78, 5) is 0. The predicted molar refractivity (Wildman–Crippen MR) is 158 cm³/mol. The van der Waals surface area contributed by atoms with E-state index in [2.05, 4.69) is 42.5 Å². The van der Waals surface area contributed by atoms with E-state index in [4.69, 9.17) is 28.4 Å². The van der Waals surface area contributed by atoms with Crippen LogP contribution in [0.3, 0.4) is 0 Å². The second-order valence-electron chi connectivity index (χ2n) is 11.2. The molecule has 0 amide bonds. The van der Waals surface area contributed by atoms with E-state index in [9.17, 15) is 0 Å². The third kappa shape index (κ3) is 9.25. The minimum Gasteiger partial charge on any atom is -0.490 e. The van der Waals surface area contributed by atoms with E-state index in [1.165, 1.54) is 0 Å². The molecule has 0 aliphatic carbocycles. The molecule has 0 spiro atoms. The quantitative estimate of drug-likeness (QED) is 0.226. The van der Waals surface area contributed by atoms with Gasteiger partial charge in [-0.05, 0) is 49.5 Å². The van der Waals surface area contributed by atoms with Crippen LogP contribution >= 0.6 is 0 Å². The fourth-order valence-corrected chi connectivity index (χ4v) is 5.24. The maximum absolute atomic E-state index is 6.57. The van der Waals surface area contributed by atoms with E-state index in [1.54, 1.807) is 0 Å². The van der Waals surface area contributed by atoms with E-state index in [0.717, 1.165) is 35.3 Å². The Labute approximate surface area is 244 Å². The first kappa shape index (κ1) is 29.5. The minimum atomic E-state index is -0.514. The van der Waals surface area contributed by atoms with Gasteiger partial charge in [-0.25, -0.2) is 0 Å². The highest BCUT2D eigenvalue weighted by atomic mass is 16.7. The molecule has 2 aliphatic heterocycles. The van der Waals surface area contributed by atoms with Gasteiger partial charge < -0.3 is 28.4 Å². The Bertz CT molecular complexity index is 1200. The van der Waals surface area contributed by atoms with Gasteiger partial charge in [-0.2, -0.15) is 0 Å². The van der Waals surface area contributed by atoms with Crippen molar-refractivity contribution in [1.82, 2.24) is 0 Å². The van der Waals surface area contributed by atoms with Gasteiger partial charge in [-0.1, -0.05) is 91.0 Å². The molecule has 2 saturated heterocycles. The van der Waals surface area contributed by atoms with E-state index < -0.39 is 5.79 Å². The van der Waals surface area contributed by atoms with Gasteiger partial charge in [0.2, 0.25) is 0 Å². The minimum absolute atomic E-state index is 0.0857. The van der Waals surface area contributed by atoms with Gasteiger partial charge in [-0.3, -0.25) is 0 Å². The van der Waals surface area contributed by atoms with Crippen LogP contribution in [-0.2, 0) is 48.2 Å². The summed E-state index contributed by atoms with van der Waals surface area (Å²) in [5.74, 6) is 0.397. The standard InChI is InChI=1S/C35H42O6/c1-35(2)39-25-31(41-35)20-12-19-30-21-32(37-23-28-15-8-4-9-16-28)34(38-24-29-17-10-5-11-18-29)33(40-30)26-36-22-27-13-6-3-7-14-27/h3-11,13-19,31-34H,12,20-26H2,1-2H3/b30-19+/t31-,32+,33+,34-/m0/s1. The maximum Gasteiger partial charge on any atom is 0.163 e. The Morgan fingerprint density at radius 3 is 1.95 bits per heavy atom. The zero-order valence-corrected chi connectivity index (χ0v) is 24.2. The lowest BCUT2D eigenvalue weighted by atomic mass is 9.99. The Kier molecular flexibility index (Phi) is 10.6. The molecule has 0 bridgehead atoms. The van der Waals surface area contributed by atoms with Crippen molar-refractivity contribution in [3.05, 3.63) is 120 Å².